The van der Waals surface area contributed by atoms with E-state index < -0.39 is 11.8 Å². The lowest BCUT2D eigenvalue weighted by molar-refractivity contribution is -0.113. The molecule has 0 aliphatic carbocycles. The number of ether oxygens (including phenoxy) is 1. The summed E-state index contributed by atoms with van der Waals surface area (Å²) in [7, 11) is 1.57. The fourth-order valence-corrected chi connectivity index (χ4v) is 2.67. The van der Waals surface area contributed by atoms with Crippen LogP contribution in [0.4, 0.5) is 5.69 Å². The first kappa shape index (κ1) is 19.4. The van der Waals surface area contributed by atoms with Gasteiger partial charge in [0, 0.05) is 5.69 Å². The van der Waals surface area contributed by atoms with Crippen LogP contribution in [0, 0.1) is 0 Å². The molecule has 0 spiro atoms. The largest absolute Gasteiger partial charge is 0.497 e. The van der Waals surface area contributed by atoms with E-state index in [4.69, 9.17) is 9.15 Å². The lowest BCUT2D eigenvalue weighted by Crippen LogP contribution is -2.30. The fraction of sp³-hybridized carbons (Fsp3) is 0.0476. The second-order valence-corrected chi connectivity index (χ2v) is 6.49. The van der Waals surface area contributed by atoms with Crippen LogP contribution in [-0.4, -0.2) is 18.9 Å². The van der Waals surface area contributed by atoms with Gasteiger partial charge in [-0.1, -0.05) is 30.3 Å². The molecule has 28 heavy (non-hydrogen) atoms. The number of hydrogen-bond donors (Lipinski definition) is 2. The molecule has 3 rings (SSSR count). The molecular weight excluding hydrogens is 424 g/mol. The molecule has 1 heterocycles. The highest BCUT2D eigenvalue weighted by atomic mass is 79.9. The van der Waals surface area contributed by atoms with E-state index >= 15 is 0 Å². The molecule has 0 radical (unpaired) electrons. The van der Waals surface area contributed by atoms with E-state index in [9.17, 15) is 9.59 Å². The molecule has 0 atom stereocenters. The third-order valence-corrected chi connectivity index (χ3v) is 4.17. The van der Waals surface area contributed by atoms with Crippen LogP contribution in [0.1, 0.15) is 16.1 Å². The molecule has 6 nitrogen and oxygen atoms in total. The van der Waals surface area contributed by atoms with Crippen molar-refractivity contribution < 1.29 is 18.7 Å². The Kier molecular flexibility index (Phi) is 6.29. The first-order chi connectivity index (χ1) is 13.5. The predicted octanol–water partition coefficient (Wildman–Crippen LogP) is 4.46. The minimum atomic E-state index is -0.530. The zero-order chi connectivity index (χ0) is 19.9. The van der Waals surface area contributed by atoms with Crippen LogP contribution in [-0.2, 0) is 4.79 Å². The molecule has 2 aromatic carbocycles. The maximum atomic E-state index is 12.8. The van der Waals surface area contributed by atoms with Crippen molar-refractivity contribution in [3.63, 3.8) is 0 Å². The van der Waals surface area contributed by atoms with Gasteiger partial charge in [0.2, 0.25) is 0 Å². The molecule has 7 heteroatoms. The number of amides is 2. The number of anilines is 1. The van der Waals surface area contributed by atoms with E-state index in [1.165, 1.54) is 6.07 Å². The second kappa shape index (κ2) is 9.05. The van der Waals surface area contributed by atoms with Gasteiger partial charge in [-0.15, -0.1) is 0 Å². The molecule has 2 amide bonds. The number of carbonyl (C=O) groups is 2. The molecule has 0 unspecified atom stereocenters. The molecule has 0 aliphatic rings. The summed E-state index contributed by atoms with van der Waals surface area (Å²) in [5.41, 5.74) is 1.42. The molecule has 0 saturated carbocycles. The van der Waals surface area contributed by atoms with Gasteiger partial charge in [0.15, 0.2) is 10.4 Å². The molecule has 0 saturated heterocycles. The molecule has 142 valence electrons. The number of carbonyl (C=O) groups excluding carboxylic acids is 2. The van der Waals surface area contributed by atoms with Gasteiger partial charge in [-0.3, -0.25) is 9.59 Å². The Bertz CT molecular complexity index is 995. The van der Waals surface area contributed by atoms with Gasteiger partial charge in [-0.05, 0) is 64.0 Å². The van der Waals surface area contributed by atoms with Crippen LogP contribution in [0.25, 0.3) is 6.08 Å². The Morgan fingerprint density at radius 2 is 1.71 bits per heavy atom. The number of halogens is 1. The standard InChI is InChI=1S/C21H17BrN2O4/c1-27-16-9-7-15(8-10-16)23-20(25)17(13-14-5-3-2-4-6-14)24-21(26)18-11-12-19(22)28-18/h2-13H,1H3,(H,23,25)(H,24,26)/b17-13+. The number of rotatable bonds is 6. The highest BCUT2D eigenvalue weighted by Gasteiger charge is 2.17. The first-order valence-corrected chi connectivity index (χ1v) is 9.13. The van der Waals surface area contributed by atoms with Crippen LogP contribution >= 0.6 is 15.9 Å². The summed E-state index contributed by atoms with van der Waals surface area (Å²) in [5.74, 6) is -0.233. The van der Waals surface area contributed by atoms with Crippen LogP contribution in [0.15, 0.2) is 81.5 Å². The summed E-state index contributed by atoms with van der Waals surface area (Å²) in [6.07, 6.45) is 1.59. The molecular formula is C21H17BrN2O4. The lowest BCUT2D eigenvalue weighted by atomic mass is 10.2. The van der Waals surface area contributed by atoms with Crippen molar-refractivity contribution in [1.29, 1.82) is 0 Å². The number of furan rings is 1. The minimum Gasteiger partial charge on any atom is -0.497 e. The van der Waals surface area contributed by atoms with Crippen LogP contribution < -0.4 is 15.4 Å². The first-order valence-electron chi connectivity index (χ1n) is 8.34. The van der Waals surface area contributed by atoms with Crippen LogP contribution in [0.5, 0.6) is 5.75 Å². The van der Waals surface area contributed by atoms with E-state index in [2.05, 4.69) is 26.6 Å². The smallest absolute Gasteiger partial charge is 0.291 e. The molecule has 0 bridgehead atoms. The maximum absolute atomic E-state index is 12.8. The topological polar surface area (TPSA) is 80.6 Å². The zero-order valence-corrected chi connectivity index (χ0v) is 16.5. The van der Waals surface area contributed by atoms with Crippen molar-refractivity contribution >= 4 is 39.5 Å². The van der Waals surface area contributed by atoms with Crippen molar-refractivity contribution in [2.24, 2.45) is 0 Å². The highest BCUT2D eigenvalue weighted by molar-refractivity contribution is 9.10. The van der Waals surface area contributed by atoms with Gasteiger partial charge >= 0.3 is 0 Å². The normalized spacial score (nSPS) is 11.0. The summed E-state index contributed by atoms with van der Waals surface area (Å²) in [6, 6.07) is 19.2. The van der Waals surface area contributed by atoms with Crippen LogP contribution in [0.2, 0.25) is 0 Å². The fourth-order valence-electron chi connectivity index (χ4n) is 2.37. The van der Waals surface area contributed by atoms with Gasteiger partial charge in [0.25, 0.3) is 11.8 Å². The van der Waals surface area contributed by atoms with Gasteiger partial charge in [0.1, 0.15) is 11.4 Å². The van der Waals surface area contributed by atoms with Crippen LogP contribution in [0.3, 0.4) is 0 Å². The molecule has 0 aliphatic heterocycles. The average molecular weight is 441 g/mol. The Hall–Kier alpha value is -3.32. The number of methoxy groups -OCH3 is 1. The highest BCUT2D eigenvalue weighted by Crippen LogP contribution is 2.17. The number of hydrogen-bond acceptors (Lipinski definition) is 4. The van der Waals surface area contributed by atoms with Gasteiger partial charge in [0.05, 0.1) is 7.11 Å². The van der Waals surface area contributed by atoms with Gasteiger partial charge in [-0.2, -0.15) is 0 Å². The summed E-state index contributed by atoms with van der Waals surface area (Å²) in [5, 5.41) is 5.37. The van der Waals surface area contributed by atoms with Gasteiger partial charge < -0.3 is 19.8 Å². The third kappa shape index (κ3) is 5.11. The van der Waals surface area contributed by atoms with Crippen molar-refractivity contribution in [1.82, 2.24) is 5.32 Å². The molecule has 0 fully saturated rings. The summed E-state index contributed by atoms with van der Waals surface area (Å²) >= 11 is 3.15. The van der Waals surface area contributed by atoms with Crippen molar-refractivity contribution in [2.45, 2.75) is 0 Å². The second-order valence-electron chi connectivity index (χ2n) is 5.71. The van der Waals surface area contributed by atoms with E-state index in [1.807, 2.05) is 30.3 Å². The van der Waals surface area contributed by atoms with Crippen molar-refractivity contribution in [3.05, 3.63) is 88.4 Å². The maximum Gasteiger partial charge on any atom is 0.291 e. The molecule has 1 aromatic heterocycles. The number of benzene rings is 2. The Morgan fingerprint density at radius 1 is 1.00 bits per heavy atom. The number of nitrogens with one attached hydrogen (secondary N) is 2. The average Bonchev–Trinajstić information content (AvgIpc) is 3.15. The summed E-state index contributed by atoms with van der Waals surface area (Å²) < 4.78 is 10.8. The minimum absolute atomic E-state index is 0.0829. The lowest BCUT2D eigenvalue weighted by Gasteiger charge is -2.11. The van der Waals surface area contributed by atoms with Gasteiger partial charge in [-0.25, -0.2) is 0 Å². The quantitative estimate of drug-likeness (QED) is 0.554. The van der Waals surface area contributed by atoms with Crippen molar-refractivity contribution in [3.8, 4) is 5.75 Å². The molecule has 3 aromatic rings. The summed E-state index contributed by atoms with van der Waals surface area (Å²) in [4.78, 5) is 25.2. The Morgan fingerprint density at radius 3 is 2.32 bits per heavy atom. The molecule has 2 N–H and O–H groups in total. The Balaban J connectivity index is 1.83. The van der Waals surface area contributed by atoms with E-state index in [0.717, 1.165) is 5.56 Å². The van der Waals surface area contributed by atoms with E-state index in [0.29, 0.717) is 16.1 Å². The SMILES string of the molecule is COc1ccc(NC(=O)/C(=C\c2ccccc2)NC(=O)c2ccc(Br)o2)cc1. The third-order valence-electron chi connectivity index (χ3n) is 3.75. The monoisotopic (exact) mass is 440 g/mol. The van der Waals surface area contributed by atoms with E-state index in [1.54, 1.807) is 43.5 Å². The van der Waals surface area contributed by atoms with Crippen molar-refractivity contribution in [2.75, 3.05) is 12.4 Å². The summed E-state index contributed by atoms with van der Waals surface area (Å²) in [6.45, 7) is 0. The van der Waals surface area contributed by atoms with E-state index in [-0.39, 0.29) is 11.5 Å². The zero-order valence-electron chi connectivity index (χ0n) is 14.9. The Labute approximate surface area is 170 Å². The predicted molar refractivity (Wildman–Crippen MR) is 110 cm³/mol.